The van der Waals surface area contributed by atoms with Crippen molar-refractivity contribution in [3.8, 4) is 0 Å². The van der Waals surface area contributed by atoms with Crippen LogP contribution in [0.5, 0.6) is 0 Å². The Labute approximate surface area is 145 Å². The molecule has 0 spiro atoms. The third kappa shape index (κ3) is 4.79. The van der Waals surface area contributed by atoms with E-state index in [1.165, 1.54) is 7.05 Å². The average molecular weight is 347 g/mol. The Morgan fingerprint density at radius 2 is 1.96 bits per heavy atom. The first kappa shape index (κ1) is 18.4. The van der Waals surface area contributed by atoms with Gasteiger partial charge in [0.05, 0.1) is 12.0 Å². The van der Waals surface area contributed by atoms with Gasteiger partial charge in [0.2, 0.25) is 5.91 Å². The minimum absolute atomic E-state index is 0.0487. The van der Waals surface area contributed by atoms with E-state index in [9.17, 15) is 19.2 Å². The van der Waals surface area contributed by atoms with Gasteiger partial charge in [-0.3, -0.25) is 19.7 Å². The monoisotopic (exact) mass is 347 g/mol. The van der Waals surface area contributed by atoms with Gasteiger partial charge in [-0.1, -0.05) is 30.3 Å². The van der Waals surface area contributed by atoms with Crippen LogP contribution in [0.15, 0.2) is 30.3 Å². The van der Waals surface area contributed by atoms with Crippen LogP contribution in [0.25, 0.3) is 0 Å². The quantitative estimate of drug-likeness (QED) is 0.759. The predicted molar refractivity (Wildman–Crippen MR) is 88.2 cm³/mol. The van der Waals surface area contributed by atoms with Crippen molar-refractivity contribution in [3.63, 3.8) is 0 Å². The molecule has 2 rings (SSSR count). The van der Waals surface area contributed by atoms with E-state index in [1.54, 1.807) is 4.90 Å². The number of hydrogen-bond acceptors (Lipinski definition) is 5. The molecular formula is C17H21N3O5. The molecule has 2 N–H and O–H groups in total. The van der Waals surface area contributed by atoms with Crippen molar-refractivity contribution in [3.05, 3.63) is 35.9 Å². The summed E-state index contributed by atoms with van der Waals surface area (Å²) in [6.45, 7) is 1.58. The van der Waals surface area contributed by atoms with Crippen LogP contribution in [-0.2, 0) is 19.1 Å². The first-order chi connectivity index (χ1) is 11.9. The lowest BCUT2D eigenvalue weighted by molar-refractivity contribution is -0.152. The molecule has 1 fully saturated rings. The lowest BCUT2D eigenvalue weighted by Gasteiger charge is -2.25. The Hall–Kier alpha value is -2.90. The van der Waals surface area contributed by atoms with E-state index in [1.807, 2.05) is 42.6 Å². The van der Waals surface area contributed by atoms with E-state index in [0.29, 0.717) is 0 Å². The molecule has 1 aromatic rings. The standard InChI is InChI=1S/C17H21N3O5/c1-11(12-6-4-3-5-7-12)20-9-13(8-15(20)22)16(23)25-10-14(21)19-17(24)18-2/h3-7,11,13H,8-10H2,1-2H3,(H2,18,19,21,24)/t11-,13+/m0/s1. The average Bonchev–Trinajstić information content (AvgIpc) is 3.01. The van der Waals surface area contributed by atoms with Gasteiger partial charge in [0.15, 0.2) is 6.61 Å². The van der Waals surface area contributed by atoms with Gasteiger partial charge >= 0.3 is 12.0 Å². The highest BCUT2D eigenvalue weighted by molar-refractivity contribution is 5.95. The predicted octanol–water partition coefficient (Wildman–Crippen LogP) is 0.595. The highest BCUT2D eigenvalue weighted by Gasteiger charge is 2.38. The second kappa shape index (κ2) is 8.27. The number of carbonyl (C=O) groups is 4. The molecule has 0 radical (unpaired) electrons. The normalized spacial score (nSPS) is 17.8. The molecule has 4 amide bonds. The Morgan fingerprint density at radius 1 is 1.28 bits per heavy atom. The van der Waals surface area contributed by atoms with Crippen molar-refractivity contribution in [1.82, 2.24) is 15.5 Å². The number of nitrogens with zero attached hydrogens (tertiary/aromatic N) is 1. The maximum Gasteiger partial charge on any atom is 0.321 e. The maximum atomic E-state index is 12.2. The third-order valence-electron chi connectivity index (χ3n) is 4.07. The molecule has 0 bridgehead atoms. The van der Waals surface area contributed by atoms with Gasteiger partial charge in [-0.2, -0.15) is 0 Å². The van der Waals surface area contributed by atoms with Gasteiger partial charge in [0, 0.05) is 20.0 Å². The first-order valence-corrected chi connectivity index (χ1v) is 7.95. The van der Waals surface area contributed by atoms with Crippen LogP contribution in [0, 0.1) is 5.92 Å². The highest BCUT2D eigenvalue weighted by atomic mass is 16.5. The molecule has 1 heterocycles. The maximum absolute atomic E-state index is 12.2. The largest absolute Gasteiger partial charge is 0.455 e. The number of urea groups is 1. The summed E-state index contributed by atoms with van der Waals surface area (Å²) in [4.78, 5) is 48.3. The number of rotatable bonds is 5. The summed E-state index contributed by atoms with van der Waals surface area (Å²) in [6.07, 6.45) is 0.0487. The van der Waals surface area contributed by atoms with E-state index in [-0.39, 0.29) is 24.9 Å². The van der Waals surface area contributed by atoms with Crippen molar-refractivity contribution >= 4 is 23.8 Å². The number of nitrogens with one attached hydrogen (secondary N) is 2. The van der Waals surface area contributed by atoms with Gasteiger partial charge in [0.25, 0.3) is 5.91 Å². The number of likely N-dealkylation sites (tertiary alicyclic amines) is 1. The summed E-state index contributed by atoms with van der Waals surface area (Å²) < 4.78 is 4.91. The summed E-state index contributed by atoms with van der Waals surface area (Å²) >= 11 is 0. The summed E-state index contributed by atoms with van der Waals surface area (Å²) in [5.41, 5.74) is 0.981. The van der Waals surface area contributed by atoms with Crippen LogP contribution in [-0.4, -0.2) is 48.9 Å². The molecular weight excluding hydrogens is 326 g/mol. The van der Waals surface area contributed by atoms with Crippen molar-refractivity contribution in [2.75, 3.05) is 20.2 Å². The fraction of sp³-hybridized carbons (Fsp3) is 0.412. The number of carbonyl (C=O) groups excluding carboxylic acids is 4. The molecule has 1 aliphatic heterocycles. The van der Waals surface area contributed by atoms with E-state index >= 15 is 0 Å². The molecule has 1 aromatic carbocycles. The second-order valence-corrected chi connectivity index (χ2v) is 5.77. The highest BCUT2D eigenvalue weighted by Crippen LogP contribution is 2.28. The topological polar surface area (TPSA) is 105 Å². The lowest BCUT2D eigenvalue weighted by Crippen LogP contribution is -2.40. The fourth-order valence-corrected chi connectivity index (χ4v) is 2.66. The zero-order valence-electron chi connectivity index (χ0n) is 14.2. The van der Waals surface area contributed by atoms with Gasteiger partial charge in [0.1, 0.15) is 0 Å². The van der Waals surface area contributed by atoms with Crippen molar-refractivity contribution in [2.24, 2.45) is 5.92 Å². The molecule has 0 unspecified atom stereocenters. The van der Waals surface area contributed by atoms with E-state index < -0.39 is 30.4 Å². The molecule has 0 aliphatic carbocycles. The van der Waals surface area contributed by atoms with Crippen molar-refractivity contribution in [2.45, 2.75) is 19.4 Å². The van der Waals surface area contributed by atoms with Gasteiger partial charge in [-0.15, -0.1) is 0 Å². The molecule has 1 aliphatic rings. The molecule has 0 aromatic heterocycles. The van der Waals surface area contributed by atoms with Crippen molar-refractivity contribution in [1.29, 1.82) is 0 Å². The number of hydrogen-bond donors (Lipinski definition) is 2. The van der Waals surface area contributed by atoms with Gasteiger partial charge in [-0.25, -0.2) is 4.79 Å². The lowest BCUT2D eigenvalue weighted by atomic mass is 10.1. The number of esters is 1. The molecule has 0 saturated carbocycles. The molecule has 8 heteroatoms. The third-order valence-corrected chi connectivity index (χ3v) is 4.07. The number of amides is 4. The van der Waals surface area contributed by atoms with Gasteiger partial charge in [-0.05, 0) is 12.5 Å². The first-order valence-electron chi connectivity index (χ1n) is 7.95. The van der Waals surface area contributed by atoms with Gasteiger partial charge < -0.3 is 15.0 Å². The Balaban J connectivity index is 1.88. The molecule has 134 valence electrons. The number of imide groups is 1. The van der Waals surface area contributed by atoms with Crippen LogP contribution in [0.3, 0.4) is 0 Å². The summed E-state index contributed by atoms with van der Waals surface area (Å²) in [6, 6.07) is 8.70. The van der Waals surface area contributed by atoms with E-state index in [4.69, 9.17) is 4.74 Å². The summed E-state index contributed by atoms with van der Waals surface area (Å²) in [5.74, 6) is -2.10. The second-order valence-electron chi connectivity index (χ2n) is 5.77. The van der Waals surface area contributed by atoms with Crippen LogP contribution in [0.1, 0.15) is 24.9 Å². The van der Waals surface area contributed by atoms with E-state index in [2.05, 4.69) is 5.32 Å². The SMILES string of the molecule is CNC(=O)NC(=O)COC(=O)[C@@H]1CC(=O)N([C@@H](C)c2ccccc2)C1. The molecule has 2 atom stereocenters. The van der Waals surface area contributed by atoms with Crippen molar-refractivity contribution < 1.29 is 23.9 Å². The fourth-order valence-electron chi connectivity index (χ4n) is 2.66. The summed E-state index contributed by atoms with van der Waals surface area (Å²) in [7, 11) is 1.36. The Bertz CT molecular complexity index is 662. The smallest absolute Gasteiger partial charge is 0.321 e. The van der Waals surface area contributed by atoms with Crippen LogP contribution < -0.4 is 10.6 Å². The Morgan fingerprint density at radius 3 is 2.60 bits per heavy atom. The minimum Gasteiger partial charge on any atom is -0.455 e. The Kier molecular flexibility index (Phi) is 6.10. The molecule has 25 heavy (non-hydrogen) atoms. The zero-order valence-corrected chi connectivity index (χ0v) is 14.2. The van der Waals surface area contributed by atoms with Crippen LogP contribution in [0.2, 0.25) is 0 Å². The number of benzene rings is 1. The van der Waals surface area contributed by atoms with Crippen LogP contribution in [0.4, 0.5) is 4.79 Å². The zero-order chi connectivity index (χ0) is 18.4. The van der Waals surface area contributed by atoms with Crippen LogP contribution >= 0.6 is 0 Å². The van der Waals surface area contributed by atoms with E-state index in [0.717, 1.165) is 5.56 Å². The molecule has 8 nitrogen and oxygen atoms in total. The number of ether oxygens (including phenoxy) is 1. The summed E-state index contributed by atoms with van der Waals surface area (Å²) in [5, 5.41) is 4.20. The minimum atomic E-state index is -0.730. The molecule has 1 saturated heterocycles.